The molecule has 8 nitrogen and oxygen atoms in total. The molecule has 0 fully saturated rings. The third-order valence-electron chi connectivity index (χ3n) is 3.98. The van der Waals surface area contributed by atoms with Gasteiger partial charge in [0.05, 0.1) is 28.4 Å². The molecule has 0 radical (unpaired) electrons. The molecule has 0 saturated carbocycles. The molecule has 0 saturated heterocycles. The predicted molar refractivity (Wildman–Crippen MR) is 124 cm³/mol. The molecule has 3 aromatic rings. The van der Waals surface area contributed by atoms with Gasteiger partial charge in [-0.15, -0.1) is 0 Å². The second-order valence-corrected chi connectivity index (χ2v) is 8.00. The Morgan fingerprint density at radius 1 is 1.12 bits per heavy atom. The SMILES string of the molecule is CCOC(=O)c1nn(-c2cccc(Br)c2)c(=O)cc1OCC(=O)Nc1ccc(Cl)c(Cl)c1. The Morgan fingerprint density at radius 3 is 2.59 bits per heavy atom. The van der Waals surface area contributed by atoms with Gasteiger partial charge in [-0.1, -0.05) is 45.2 Å². The average Bonchev–Trinajstić information content (AvgIpc) is 2.75. The minimum atomic E-state index is -0.795. The summed E-state index contributed by atoms with van der Waals surface area (Å²) in [6.07, 6.45) is 0. The number of nitrogens with zero attached hydrogens (tertiary/aromatic N) is 2. The maximum atomic E-state index is 12.6. The Kier molecular flexibility index (Phi) is 7.89. The first kappa shape index (κ1) is 23.8. The molecule has 1 heterocycles. The van der Waals surface area contributed by atoms with Crippen molar-refractivity contribution in [2.24, 2.45) is 0 Å². The molecule has 1 aromatic heterocycles. The number of esters is 1. The van der Waals surface area contributed by atoms with E-state index in [1.54, 1.807) is 37.3 Å². The van der Waals surface area contributed by atoms with E-state index in [9.17, 15) is 14.4 Å². The van der Waals surface area contributed by atoms with Crippen molar-refractivity contribution < 1.29 is 19.1 Å². The molecule has 11 heteroatoms. The highest BCUT2D eigenvalue weighted by molar-refractivity contribution is 9.10. The van der Waals surface area contributed by atoms with Crippen LogP contribution in [0.15, 0.2) is 57.8 Å². The van der Waals surface area contributed by atoms with Gasteiger partial charge in [-0.3, -0.25) is 9.59 Å². The highest BCUT2D eigenvalue weighted by Crippen LogP contribution is 2.25. The van der Waals surface area contributed by atoms with E-state index >= 15 is 0 Å². The minimum Gasteiger partial charge on any atom is -0.481 e. The Bertz CT molecular complexity index is 1230. The molecule has 32 heavy (non-hydrogen) atoms. The van der Waals surface area contributed by atoms with Crippen LogP contribution in [0.5, 0.6) is 5.75 Å². The summed E-state index contributed by atoms with van der Waals surface area (Å²) < 4.78 is 12.2. The molecule has 2 aromatic carbocycles. The molecule has 0 atom stereocenters. The normalized spacial score (nSPS) is 10.5. The van der Waals surface area contributed by atoms with Gasteiger partial charge in [0.15, 0.2) is 12.4 Å². The van der Waals surface area contributed by atoms with E-state index in [4.69, 9.17) is 32.7 Å². The number of carbonyl (C=O) groups excluding carboxylic acids is 2. The summed E-state index contributed by atoms with van der Waals surface area (Å²) in [6, 6.07) is 12.5. The van der Waals surface area contributed by atoms with Gasteiger partial charge < -0.3 is 14.8 Å². The van der Waals surface area contributed by atoms with Crippen LogP contribution < -0.4 is 15.6 Å². The fourth-order valence-electron chi connectivity index (χ4n) is 2.60. The predicted octanol–water partition coefficient (Wildman–Crippen LogP) is 4.50. The van der Waals surface area contributed by atoms with Gasteiger partial charge in [0.2, 0.25) is 5.69 Å². The van der Waals surface area contributed by atoms with E-state index < -0.39 is 24.0 Å². The monoisotopic (exact) mass is 539 g/mol. The molecule has 0 unspecified atom stereocenters. The molecule has 3 rings (SSSR count). The van der Waals surface area contributed by atoms with Crippen LogP contribution in [0.3, 0.4) is 0 Å². The smallest absolute Gasteiger partial charge is 0.362 e. The maximum Gasteiger partial charge on any atom is 0.362 e. The summed E-state index contributed by atoms with van der Waals surface area (Å²) in [7, 11) is 0. The summed E-state index contributed by atoms with van der Waals surface area (Å²) in [5.74, 6) is -1.52. The third kappa shape index (κ3) is 5.87. The van der Waals surface area contributed by atoms with Crippen LogP contribution in [-0.2, 0) is 9.53 Å². The fourth-order valence-corrected chi connectivity index (χ4v) is 3.28. The van der Waals surface area contributed by atoms with Crippen LogP contribution in [-0.4, -0.2) is 34.9 Å². The summed E-state index contributed by atoms with van der Waals surface area (Å²) in [5.41, 5.74) is 0.0328. The molecule has 0 aliphatic rings. The van der Waals surface area contributed by atoms with Gasteiger partial charge in [0.1, 0.15) is 0 Å². The van der Waals surface area contributed by atoms with Crippen LogP contribution >= 0.6 is 39.1 Å². The second-order valence-electron chi connectivity index (χ2n) is 6.27. The summed E-state index contributed by atoms with van der Waals surface area (Å²) >= 11 is 15.1. The van der Waals surface area contributed by atoms with Gasteiger partial charge in [0.25, 0.3) is 11.5 Å². The van der Waals surface area contributed by atoms with Crippen molar-refractivity contribution in [2.45, 2.75) is 6.92 Å². The van der Waals surface area contributed by atoms with Crippen LogP contribution in [0.4, 0.5) is 5.69 Å². The van der Waals surface area contributed by atoms with Crippen molar-refractivity contribution in [3.05, 3.63) is 79.1 Å². The lowest BCUT2D eigenvalue weighted by Gasteiger charge is -2.13. The number of hydrogen-bond acceptors (Lipinski definition) is 6. The van der Waals surface area contributed by atoms with Gasteiger partial charge in [-0.05, 0) is 43.3 Å². The van der Waals surface area contributed by atoms with Gasteiger partial charge in [-0.25, -0.2) is 4.79 Å². The minimum absolute atomic E-state index is 0.0910. The number of benzene rings is 2. The number of ether oxygens (including phenoxy) is 2. The van der Waals surface area contributed by atoms with E-state index in [0.29, 0.717) is 16.4 Å². The van der Waals surface area contributed by atoms with E-state index in [-0.39, 0.29) is 23.1 Å². The zero-order valence-electron chi connectivity index (χ0n) is 16.6. The zero-order valence-corrected chi connectivity index (χ0v) is 19.7. The van der Waals surface area contributed by atoms with Crippen molar-refractivity contribution in [3.63, 3.8) is 0 Å². The molecule has 0 spiro atoms. The molecule has 1 amide bonds. The lowest BCUT2D eigenvalue weighted by molar-refractivity contribution is -0.118. The molecule has 0 aliphatic heterocycles. The summed E-state index contributed by atoms with van der Waals surface area (Å²) in [6.45, 7) is 1.23. The Morgan fingerprint density at radius 2 is 1.91 bits per heavy atom. The second kappa shape index (κ2) is 10.6. The quantitative estimate of drug-likeness (QED) is 0.443. The Balaban J connectivity index is 1.85. The van der Waals surface area contributed by atoms with Crippen LogP contribution in [0, 0.1) is 0 Å². The summed E-state index contributed by atoms with van der Waals surface area (Å²) in [5, 5.41) is 7.30. The lowest BCUT2D eigenvalue weighted by Crippen LogP contribution is -2.27. The van der Waals surface area contributed by atoms with Crippen molar-refractivity contribution >= 4 is 56.7 Å². The number of amides is 1. The lowest BCUT2D eigenvalue weighted by atomic mass is 10.3. The molecule has 1 N–H and O–H groups in total. The van der Waals surface area contributed by atoms with Gasteiger partial charge in [0, 0.05) is 10.2 Å². The Labute approximate surface area is 201 Å². The molecular weight excluding hydrogens is 525 g/mol. The Hall–Kier alpha value is -2.88. The van der Waals surface area contributed by atoms with Crippen molar-refractivity contribution in [2.75, 3.05) is 18.5 Å². The topological polar surface area (TPSA) is 99.5 Å². The molecular formula is C21H16BrCl2N3O5. The first-order chi connectivity index (χ1) is 15.3. The van der Waals surface area contributed by atoms with Crippen molar-refractivity contribution in [3.8, 4) is 11.4 Å². The maximum absolute atomic E-state index is 12.6. The van der Waals surface area contributed by atoms with E-state index in [2.05, 4.69) is 26.3 Å². The van der Waals surface area contributed by atoms with Crippen molar-refractivity contribution in [1.82, 2.24) is 9.78 Å². The van der Waals surface area contributed by atoms with E-state index in [1.165, 1.54) is 12.1 Å². The third-order valence-corrected chi connectivity index (χ3v) is 5.21. The molecule has 0 bridgehead atoms. The molecule has 0 aliphatic carbocycles. The van der Waals surface area contributed by atoms with Crippen LogP contribution in [0.2, 0.25) is 10.0 Å². The van der Waals surface area contributed by atoms with Crippen LogP contribution in [0.1, 0.15) is 17.4 Å². The zero-order chi connectivity index (χ0) is 23.3. The first-order valence-electron chi connectivity index (χ1n) is 9.23. The number of rotatable bonds is 7. The standard InChI is InChI=1S/C21H16BrCl2N3O5/c1-2-31-21(30)20-17(10-19(29)27(26-20)14-5-3-4-12(22)8-14)32-11-18(28)25-13-6-7-15(23)16(24)9-13/h3-10H,2,11H2,1H3,(H,25,28). The fraction of sp³-hybridized carbons (Fsp3) is 0.143. The number of aromatic nitrogens is 2. The number of anilines is 1. The largest absolute Gasteiger partial charge is 0.481 e. The average molecular weight is 541 g/mol. The van der Waals surface area contributed by atoms with E-state index in [0.717, 1.165) is 15.2 Å². The van der Waals surface area contributed by atoms with Crippen LogP contribution in [0.25, 0.3) is 5.69 Å². The van der Waals surface area contributed by atoms with Crippen molar-refractivity contribution in [1.29, 1.82) is 0 Å². The highest BCUT2D eigenvalue weighted by Gasteiger charge is 2.21. The number of nitrogens with one attached hydrogen (secondary N) is 1. The van der Waals surface area contributed by atoms with Gasteiger partial charge >= 0.3 is 5.97 Å². The number of carbonyl (C=O) groups is 2. The number of hydrogen-bond donors (Lipinski definition) is 1. The first-order valence-corrected chi connectivity index (χ1v) is 10.8. The van der Waals surface area contributed by atoms with E-state index in [1.807, 2.05) is 0 Å². The molecule has 166 valence electrons. The highest BCUT2D eigenvalue weighted by atomic mass is 79.9. The summed E-state index contributed by atoms with van der Waals surface area (Å²) in [4.78, 5) is 37.3. The van der Waals surface area contributed by atoms with Gasteiger partial charge in [-0.2, -0.15) is 9.78 Å². The number of halogens is 3.